The lowest BCUT2D eigenvalue weighted by molar-refractivity contribution is -0.119. The van der Waals surface area contributed by atoms with Crippen LogP contribution in [0.3, 0.4) is 0 Å². The topological polar surface area (TPSA) is 67.4 Å². The Hall–Kier alpha value is -2.63. The summed E-state index contributed by atoms with van der Waals surface area (Å²) in [6.45, 7) is 0.169. The van der Waals surface area contributed by atoms with Gasteiger partial charge in [0.25, 0.3) is 0 Å². The number of rotatable bonds is 4. The fourth-order valence-electron chi connectivity index (χ4n) is 3.01. The van der Waals surface area contributed by atoms with Crippen LogP contribution in [0.4, 0.5) is 9.18 Å². The van der Waals surface area contributed by atoms with Gasteiger partial charge in [0.2, 0.25) is 5.91 Å². The second-order valence-electron chi connectivity index (χ2n) is 5.96. The summed E-state index contributed by atoms with van der Waals surface area (Å²) < 4.78 is 18.3. The van der Waals surface area contributed by atoms with Crippen LogP contribution in [0.5, 0.6) is 0 Å². The molecular weight excluding hydrogens is 311 g/mol. The molecule has 1 saturated heterocycles. The van der Waals surface area contributed by atoms with Crippen molar-refractivity contribution >= 4 is 12.0 Å². The number of carbonyl (C=O) groups excluding carboxylic acids is 2. The van der Waals surface area contributed by atoms with Crippen LogP contribution in [-0.4, -0.2) is 24.1 Å². The minimum atomic E-state index is -0.563. The van der Waals surface area contributed by atoms with Gasteiger partial charge in [0.15, 0.2) is 0 Å². The van der Waals surface area contributed by atoms with E-state index in [9.17, 15) is 14.0 Å². The van der Waals surface area contributed by atoms with Crippen molar-refractivity contribution in [2.75, 3.05) is 0 Å². The Kier molecular flexibility index (Phi) is 4.93. The van der Waals surface area contributed by atoms with Gasteiger partial charge in [-0.05, 0) is 24.1 Å². The third-order valence-corrected chi connectivity index (χ3v) is 4.23. The molecule has 0 bridgehead atoms. The van der Waals surface area contributed by atoms with Gasteiger partial charge in [-0.25, -0.2) is 9.18 Å². The molecule has 1 aliphatic carbocycles. The van der Waals surface area contributed by atoms with E-state index in [1.54, 1.807) is 6.08 Å². The van der Waals surface area contributed by atoms with E-state index >= 15 is 0 Å². The molecule has 0 aromatic heterocycles. The highest BCUT2D eigenvalue weighted by Crippen LogP contribution is 2.26. The highest BCUT2D eigenvalue weighted by Gasteiger charge is 2.38. The van der Waals surface area contributed by atoms with Gasteiger partial charge < -0.3 is 15.4 Å². The quantitative estimate of drug-likeness (QED) is 0.892. The average molecular weight is 330 g/mol. The number of alkyl carbamates (subject to hydrolysis) is 1. The molecule has 1 heterocycles. The van der Waals surface area contributed by atoms with Gasteiger partial charge in [-0.15, -0.1) is 0 Å². The first-order chi connectivity index (χ1) is 11.6. The van der Waals surface area contributed by atoms with Gasteiger partial charge in [0.05, 0.1) is 12.1 Å². The van der Waals surface area contributed by atoms with Gasteiger partial charge in [-0.3, -0.25) is 4.79 Å². The summed E-state index contributed by atoms with van der Waals surface area (Å²) in [4.78, 5) is 23.7. The zero-order chi connectivity index (χ0) is 16.9. The Morgan fingerprint density at radius 2 is 2.12 bits per heavy atom. The first kappa shape index (κ1) is 16.2. The summed E-state index contributed by atoms with van der Waals surface area (Å²) in [5.74, 6) is -0.450. The maximum atomic E-state index is 13.1. The zero-order valence-corrected chi connectivity index (χ0v) is 13.1. The van der Waals surface area contributed by atoms with E-state index in [1.165, 1.54) is 12.2 Å². The van der Waals surface area contributed by atoms with Crippen LogP contribution in [0.25, 0.3) is 0 Å². The highest BCUT2D eigenvalue weighted by molar-refractivity contribution is 5.81. The second kappa shape index (κ2) is 7.29. The molecule has 2 N–H and O–H groups in total. The molecule has 0 spiro atoms. The van der Waals surface area contributed by atoms with Crippen LogP contribution >= 0.6 is 0 Å². The monoisotopic (exact) mass is 330 g/mol. The van der Waals surface area contributed by atoms with Crippen LogP contribution in [0, 0.1) is 5.92 Å². The molecule has 1 unspecified atom stereocenters. The summed E-state index contributed by atoms with van der Waals surface area (Å²) in [7, 11) is 0. The summed E-state index contributed by atoms with van der Waals surface area (Å²) in [6, 6.07) is 8.73. The van der Waals surface area contributed by atoms with Crippen LogP contribution < -0.4 is 10.6 Å². The van der Waals surface area contributed by atoms with E-state index in [4.69, 9.17) is 4.74 Å². The molecule has 1 aliphatic heterocycles. The number of carbonyl (C=O) groups is 2. The molecule has 2 aliphatic rings. The predicted octanol–water partition coefficient (Wildman–Crippen LogP) is 2.60. The Labute approximate surface area is 139 Å². The van der Waals surface area contributed by atoms with Crippen LogP contribution in [0.15, 0.2) is 54.4 Å². The molecule has 1 fully saturated rings. The second-order valence-corrected chi connectivity index (χ2v) is 5.96. The number of amides is 2. The first-order valence-electron chi connectivity index (χ1n) is 7.92. The van der Waals surface area contributed by atoms with Crippen molar-refractivity contribution in [3.8, 4) is 0 Å². The molecular formula is C18H19FN2O3. The molecule has 2 amide bonds. The smallest absolute Gasteiger partial charge is 0.407 e. The molecule has 24 heavy (non-hydrogen) atoms. The van der Waals surface area contributed by atoms with Crippen molar-refractivity contribution in [1.82, 2.24) is 10.6 Å². The largest absolute Gasteiger partial charge is 0.445 e. The summed E-state index contributed by atoms with van der Waals surface area (Å²) in [5.41, 5.74) is 0.889. The number of hydrogen-bond acceptors (Lipinski definition) is 3. The molecule has 0 saturated carbocycles. The Morgan fingerprint density at radius 1 is 1.33 bits per heavy atom. The van der Waals surface area contributed by atoms with E-state index in [0.717, 1.165) is 5.56 Å². The average Bonchev–Trinajstić information content (AvgIpc) is 2.95. The molecule has 1 aromatic carbocycles. The Bertz CT molecular complexity index is 672. The fraction of sp³-hybridized carbons (Fsp3) is 0.333. The van der Waals surface area contributed by atoms with Crippen molar-refractivity contribution in [3.05, 3.63) is 60.0 Å². The van der Waals surface area contributed by atoms with Crippen molar-refractivity contribution in [1.29, 1.82) is 0 Å². The number of halogens is 1. The van der Waals surface area contributed by atoms with Crippen molar-refractivity contribution in [2.24, 2.45) is 5.92 Å². The van der Waals surface area contributed by atoms with E-state index in [-0.39, 0.29) is 42.8 Å². The number of ether oxygens (including phenoxy) is 1. The minimum absolute atomic E-state index is 0.0460. The summed E-state index contributed by atoms with van der Waals surface area (Å²) in [6.07, 6.45) is 4.73. The lowest BCUT2D eigenvalue weighted by Crippen LogP contribution is -2.47. The predicted molar refractivity (Wildman–Crippen MR) is 86.5 cm³/mol. The maximum absolute atomic E-state index is 13.1. The van der Waals surface area contributed by atoms with Gasteiger partial charge >= 0.3 is 6.09 Å². The van der Waals surface area contributed by atoms with Gasteiger partial charge in [0, 0.05) is 12.3 Å². The third-order valence-electron chi connectivity index (χ3n) is 4.23. The fourth-order valence-corrected chi connectivity index (χ4v) is 3.01. The molecule has 6 heteroatoms. The van der Waals surface area contributed by atoms with Gasteiger partial charge in [-0.1, -0.05) is 36.4 Å². The highest BCUT2D eigenvalue weighted by atomic mass is 19.1. The molecule has 1 aromatic rings. The van der Waals surface area contributed by atoms with Gasteiger partial charge in [-0.2, -0.15) is 0 Å². The molecule has 3 rings (SSSR count). The lowest BCUT2D eigenvalue weighted by Gasteiger charge is -2.26. The van der Waals surface area contributed by atoms with E-state index in [0.29, 0.717) is 6.42 Å². The Balaban J connectivity index is 1.55. The SMILES string of the molecule is O=C1C[C@H](NC(=O)OCc2ccccc2)[C@@H](C2C=CC(F)=CC2)N1. The zero-order valence-electron chi connectivity index (χ0n) is 13.1. The first-order valence-corrected chi connectivity index (χ1v) is 7.92. The van der Waals surface area contributed by atoms with Crippen molar-refractivity contribution < 1.29 is 18.7 Å². The van der Waals surface area contributed by atoms with Crippen molar-refractivity contribution in [2.45, 2.75) is 31.5 Å². The molecule has 0 radical (unpaired) electrons. The normalized spacial score (nSPS) is 25.8. The minimum Gasteiger partial charge on any atom is -0.445 e. The number of nitrogens with one attached hydrogen (secondary N) is 2. The van der Waals surface area contributed by atoms with Gasteiger partial charge in [0.1, 0.15) is 12.4 Å². The number of allylic oxidation sites excluding steroid dienone is 3. The van der Waals surface area contributed by atoms with Crippen LogP contribution in [-0.2, 0) is 16.1 Å². The standard InChI is InChI=1S/C18H19FN2O3/c19-14-8-6-13(7-9-14)17-15(10-16(22)21-17)20-18(23)24-11-12-4-2-1-3-5-12/h1-6,8-9,13,15,17H,7,10-11H2,(H,20,23)(H,21,22)/t13?,15-,17+/m0/s1. The molecule has 3 atom stereocenters. The Morgan fingerprint density at radius 3 is 2.83 bits per heavy atom. The van der Waals surface area contributed by atoms with Crippen LogP contribution in [0.2, 0.25) is 0 Å². The van der Waals surface area contributed by atoms with E-state index < -0.39 is 6.09 Å². The van der Waals surface area contributed by atoms with Crippen molar-refractivity contribution in [3.63, 3.8) is 0 Å². The lowest BCUT2D eigenvalue weighted by atomic mass is 9.89. The maximum Gasteiger partial charge on any atom is 0.407 e. The van der Waals surface area contributed by atoms with E-state index in [1.807, 2.05) is 30.3 Å². The third kappa shape index (κ3) is 4.01. The summed E-state index contributed by atoms with van der Waals surface area (Å²) >= 11 is 0. The van der Waals surface area contributed by atoms with Crippen LogP contribution in [0.1, 0.15) is 18.4 Å². The number of hydrogen-bond donors (Lipinski definition) is 2. The summed E-state index contributed by atoms with van der Waals surface area (Å²) in [5, 5.41) is 5.60. The molecule has 5 nitrogen and oxygen atoms in total. The molecule has 126 valence electrons. The van der Waals surface area contributed by atoms with E-state index in [2.05, 4.69) is 10.6 Å². The number of benzene rings is 1.